The van der Waals surface area contributed by atoms with Gasteiger partial charge in [-0.3, -0.25) is 19.2 Å². The lowest BCUT2D eigenvalue weighted by Gasteiger charge is -2.03. The number of hydrogen-bond donors (Lipinski definition) is 5. The maximum Gasteiger partial charge on any atom is 0.303 e. The quantitative estimate of drug-likeness (QED) is 0.267. The van der Waals surface area contributed by atoms with E-state index in [4.69, 9.17) is 0 Å². The molecular weight excluding hydrogens is 550 g/mol. The second-order valence-corrected chi connectivity index (χ2v) is 11.0. The van der Waals surface area contributed by atoms with E-state index in [1.54, 1.807) is 0 Å². The molecular formula is C33H38N4O6. The van der Waals surface area contributed by atoms with E-state index in [1.807, 2.05) is 65.8 Å². The zero-order valence-electron chi connectivity index (χ0n) is 25.4. The third-order valence-electron chi connectivity index (χ3n) is 8.35. The normalized spacial score (nSPS) is 19.8. The number of aromatic nitrogens is 2. The van der Waals surface area contributed by atoms with E-state index in [-0.39, 0.29) is 43.4 Å². The lowest BCUT2D eigenvalue weighted by Crippen LogP contribution is -2.16. The number of aliphatic imine (C=N–C) groups is 1. The number of rotatable bonds is 10. The first-order valence-corrected chi connectivity index (χ1v) is 14.4. The number of amides is 2. The van der Waals surface area contributed by atoms with Gasteiger partial charge >= 0.3 is 11.9 Å². The second-order valence-electron chi connectivity index (χ2n) is 11.0. The van der Waals surface area contributed by atoms with Crippen molar-refractivity contribution < 1.29 is 29.4 Å². The average Bonchev–Trinajstić information content (AvgIpc) is 3.59. The fourth-order valence-corrected chi connectivity index (χ4v) is 5.77. The van der Waals surface area contributed by atoms with Crippen molar-refractivity contribution in [1.29, 1.82) is 0 Å². The summed E-state index contributed by atoms with van der Waals surface area (Å²) in [5, 5.41) is 23.2. The largest absolute Gasteiger partial charge is 0.481 e. The zero-order valence-corrected chi connectivity index (χ0v) is 25.4. The first kappa shape index (κ1) is 31.2. The van der Waals surface area contributed by atoms with Crippen molar-refractivity contribution in [2.24, 2.45) is 10.9 Å². The summed E-state index contributed by atoms with van der Waals surface area (Å²) in [5.74, 6) is -2.44. The monoisotopic (exact) mass is 588 g/mol. The Balaban J connectivity index is 1.91. The molecule has 2 aromatic rings. The van der Waals surface area contributed by atoms with Gasteiger partial charge in [0.1, 0.15) is 0 Å². The summed E-state index contributed by atoms with van der Waals surface area (Å²) < 4.78 is 0. The van der Waals surface area contributed by atoms with E-state index in [2.05, 4.69) is 20.3 Å². The second kappa shape index (κ2) is 12.6. The standard InChI is InChI=1S/C33H38N4O6/c1-7-20-19(6)32(42)37-27(20)14-25-18(5)23(10-12-31(40)41)29(35-25)15-28-22(9-11-30(38)39)17(4)24(34-28)13-26-16(3)21(8-2)33(43)36-26/h7,13-15,19,34-35H,8-12H2,1-6H3,(H,37,42)(H,38,39)(H,40,41)/b20-7+,24-13-,27-14-,28-15-/i13+1,15+1. The summed E-state index contributed by atoms with van der Waals surface area (Å²) in [7, 11) is 0. The third kappa shape index (κ3) is 6.38. The summed E-state index contributed by atoms with van der Waals surface area (Å²) in [6.07, 6.45) is 8.45. The van der Waals surface area contributed by atoms with Gasteiger partial charge in [-0.2, -0.15) is 0 Å². The van der Waals surface area contributed by atoms with E-state index < -0.39 is 11.9 Å². The van der Waals surface area contributed by atoms with Crippen molar-refractivity contribution in [3.8, 4) is 0 Å². The highest BCUT2D eigenvalue weighted by Crippen LogP contribution is 2.29. The van der Waals surface area contributed by atoms with Gasteiger partial charge in [0.25, 0.3) is 5.91 Å². The molecule has 5 N–H and O–H groups in total. The SMILES string of the molecule is C/C=C1/C(=C/c2[nH]c(/[13CH]=c3\[nH]/c(=[13CH]\C4=NC(=O)C(CC)=C4C)c(C)c3CCC(=O)O)c(CCC(=O)O)c2C)NC(=O)C1C. The van der Waals surface area contributed by atoms with Gasteiger partial charge < -0.3 is 25.5 Å². The molecule has 2 aliphatic heterocycles. The molecule has 2 amide bonds. The van der Waals surface area contributed by atoms with Gasteiger partial charge in [-0.25, -0.2) is 4.99 Å². The van der Waals surface area contributed by atoms with Crippen LogP contribution in [0.25, 0.3) is 18.2 Å². The van der Waals surface area contributed by atoms with Gasteiger partial charge in [-0.1, -0.05) is 13.0 Å². The molecule has 0 aromatic carbocycles. The highest BCUT2D eigenvalue weighted by molar-refractivity contribution is 6.30. The molecule has 4 rings (SSSR count). The molecule has 0 spiro atoms. The number of nitrogens with zero attached hydrogens (tertiary/aromatic N) is 1. The molecule has 2 aromatic heterocycles. The van der Waals surface area contributed by atoms with Gasteiger partial charge in [0, 0.05) is 46.2 Å². The average molecular weight is 589 g/mol. The molecule has 4 heterocycles. The topological polar surface area (TPSA) is 165 Å². The van der Waals surface area contributed by atoms with E-state index >= 15 is 0 Å². The number of carboxylic acid groups (broad SMARTS) is 2. The van der Waals surface area contributed by atoms with Gasteiger partial charge in [-0.15, -0.1) is 0 Å². The third-order valence-corrected chi connectivity index (χ3v) is 8.35. The Hall–Kier alpha value is -4.73. The fraction of sp³-hybridized carbons (Fsp3) is 0.364. The molecule has 0 saturated carbocycles. The molecule has 43 heavy (non-hydrogen) atoms. The Morgan fingerprint density at radius 1 is 0.884 bits per heavy atom. The van der Waals surface area contributed by atoms with E-state index in [0.717, 1.165) is 39.1 Å². The van der Waals surface area contributed by atoms with Crippen molar-refractivity contribution in [3.05, 3.63) is 72.8 Å². The Morgan fingerprint density at radius 2 is 1.53 bits per heavy atom. The van der Waals surface area contributed by atoms with Crippen LogP contribution in [-0.4, -0.2) is 49.6 Å². The number of carbonyl (C=O) groups excluding carboxylic acids is 2. The van der Waals surface area contributed by atoms with E-state index in [1.165, 1.54) is 0 Å². The first-order chi connectivity index (χ1) is 20.4. The van der Waals surface area contributed by atoms with Gasteiger partial charge in [0.05, 0.1) is 11.6 Å². The first-order valence-electron chi connectivity index (χ1n) is 14.4. The predicted molar refractivity (Wildman–Crippen MR) is 165 cm³/mol. The van der Waals surface area contributed by atoms with E-state index in [9.17, 15) is 29.4 Å². The van der Waals surface area contributed by atoms with Crippen LogP contribution in [-0.2, 0) is 32.0 Å². The predicted octanol–water partition coefficient (Wildman–Crippen LogP) is 3.36. The fourth-order valence-electron chi connectivity index (χ4n) is 5.77. The highest BCUT2D eigenvalue weighted by Gasteiger charge is 2.29. The van der Waals surface area contributed by atoms with Crippen LogP contribution in [0.4, 0.5) is 0 Å². The van der Waals surface area contributed by atoms with Crippen molar-refractivity contribution in [2.75, 3.05) is 0 Å². The molecule has 1 saturated heterocycles. The molecule has 0 aliphatic carbocycles. The summed E-state index contributed by atoms with van der Waals surface area (Å²) in [6, 6.07) is 0. The van der Waals surface area contributed by atoms with Crippen LogP contribution in [0.5, 0.6) is 0 Å². The van der Waals surface area contributed by atoms with Crippen molar-refractivity contribution in [3.63, 3.8) is 0 Å². The maximum atomic E-state index is 12.3. The lowest BCUT2D eigenvalue weighted by atomic mass is 10.0. The van der Waals surface area contributed by atoms with Crippen LogP contribution in [0.1, 0.15) is 80.6 Å². The zero-order chi connectivity index (χ0) is 31.6. The number of hydrogen-bond acceptors (Lipinski definition) is 4. The molecule has 1 atom stereocenters. The minimum absolute atomic E-state index is 0.0721. The minimum atomic E-state index is -0.923. The summed E-state index contributed by atoms with van der Waals surface area (Å²) in [6.45, 7) is 11.3. The Morgan fingerprint density at radius 3 is 2.12 bits per heavy atom. The van der Waals surface area contributed by atoms with Crippen LogP contribution >= 0.6 is 0 Å². The lowest BCUT2D eigenvalue weighted by molar-refractivity contribution is -0.138. The van der Waals surface area contributed by atoms with E-state index in [0.29, 0.717) is 39.8 Å². The smallest absolute Gasteiger partial charge is 0.303 e. The van der Waals surface area contributed by atoms with Crippen molar-refractivity contribution in [2.45, 2.75) is 73.6 Å². The van der Waals surface area contributed by atoms with Crippen LogP contribution in [0.2, 0.25) is 0 Å². The number of carbonyl (C=O) groups is 4. The molecule has 0 bridgehead atoms. The number of carboxylic acids is 2. The molecule has 226 valence electrons. The number of H-pyrrole nitrogens is 2. The number of aromatic amines is 2. The van der Waals surface area contributed by atoms with Crippen LogP contribution in [0, 0.1) is 19.8 Å². The Bertz CT molecular complexity index is 1780. The van der Waals surface area contributed by atoms with Crippen LogP contribution < -0.4 is 16.0 Å². The molecule has 1 unspecified atom stereocenters. The van der Waals surface area contributed by atoms with Crippen molar-refractivity contribution in [1.82, 2.24) is 15.3 Å². The molecule has 10 nitrogen and oxygen atoms in total. The number of allylic oxidation sites excluding steroid dienone is 3. The Labute approximate surface area is 249 Å². The molecule has 2 aliphatic rings. The van der Waals surface area contributed by atoms with Gasteiger partial charge in [-0.05, 0) is 106 Å². The molecule has 10 heteroatoms. The maximum absolute atomic E-state index is 12.3. The number of nitrogens with one attached hydrogen (secondary N) is 3. The van der Waals surface area contributed by atoms with Gasteiger partial charge in [0.2, 0.25) is 5.91 Å². The minimum Gasteiger partial charge on any atom is -0.481 e. The number of aliphatic carboxylic acids is 2. The molecule has 1 fully saturated rings. The van der Waals surface area contributed by atoms with Gasteiger partial charge in [0.15, 0.2) is 0 Å². The van der Waals surface area contributed by atoms with Crippen LogP contribution in [0.15, 0.2) is 33.5 Å². The molecule has 0 radical (unpaired) electrons. The van der Waals surface area contributed by atoms with Crippen LogP contribution in [0.3, 0.4) is 0 Å². The Kier molecular flexibility index (Phi) is 9.18. The van der Waals surface area contributed by atoms with Crippen molar-refractivity contribution >= 4 is 47.7 Å². The summed E-state index contributed by atoms with van der Waals surface area (Å²) >= 11 is 0. The highest BCUT2D eigenvalue weighted by atomic mass is 16.4. The summed E-state index contributed by atoms with van der Waals surface area (Å²) in [4.78, 5) is 58.8. The summed E-state index contributed by atoms with van der Waals surface area (Å²) in [5.41, 5.74) is 8.40.